The average molecular weight is 349 g/mol. The number of nitrogens with zero attached hydrogens (tertiary/aromatic N) is 2. The highest BCUT2D eigenvalue weighted by Crippen LogP contribution is 2.20. The van der Waals surface area contributed by atoms with E-state index in [-0.39, 0.29) is 10.0 Å². The van der Waals surface area contributed by atoms with Gasteiger partial charge in [-0.15, -0.1) is 0 Å². The predicted molar refractivity (Wildman–Crippen MR) is 75.6 cm³/mol. The fourth-order valence-corrected chi connectivity index (χ4v) is 1.53. The monoisotopic (exact) mass is 348 g/mol. The molecule has 20 heavy (non-hydrogen) atoms. The van der Waals surface area contributed by atoms with Crippen LogP contribution in [-0.2, 0) is 4.74 Å². The number of hydrazone groups is 1. The third-order valence-corrected chi connectivity index (χ3v) is 2.71. The Morgan fingerprint density at radius 2 is 2.00 bits per heavy atom. The molecule has 0 bridgehead atoms. The lowest BCUT2D eigenvalue weighted by Gasteiger charge is -2.21. The molecule has 0 heterocycles. The molecule has 7 heteroatoms. The lowest BCUT2D eigenvalue weighted by molar-refractivity contribution is 0.0304. The van der Waals surface area contributed by atoms with E-state index in [9.17, 15) is 13.6 Å². The summed E-state index contributed by atoms with van der Waals surface area (Å²) in [5.41, 5.74) is -1.01. The first-order chi connectivity index (χ1) is 9.11. The maximum absolute atomic E-state index is 13.7. The molecule has 0 unspecified atom stereocenters. The fourth-order valence-electron chi connectivity index (χ4n) is 1.18. The molecule has 0 spiro atoms. The van der Waals surface area contributed by atoms with Gasteiger partial charge in [0.2, 0.25) is 0 Å². The fraction of sp³-hybridized carbons (Fsp3) is 0.385. The van der Waals surface area contributed by atoms with Crippen LogP contribution >= 0.6 is 15.9 Å². The number of ether oxygens (including phenoxy) is 1. The Bertz CT molecular complexity index is 542. The second kappa shape index (κ2) is 6.30. The van der Waals surface area contributed by atoms with Gasteiger partial charge in [-0.1, -0.05) is 0 Å². The van der Waals surface area contributed by atoms with E-state index in [0.717, 1.165) is 17.3 Å². The molecule has 0 fully saturated rings. The Kier molecular flexibility index (Phi) is 5.21. The zero-order valence-corrected chi connectivity index (χ0v) is 13.2. The summed E-state index contributed by atoms with van der Waals surface area (Å²) in [6.45, 7) is 5.11. The lowest BCUT2D eigenvalue weighted by Crippen LogP contribution is -2.31. The molecular formula is C13H15BrF2N2O2. The highest BCUT2D eigenvalue weighted by Gasteiger charge is 2.19. The van der Waals surface area contributed by atoms with Crippen LogP contribution < -0.4 is 0 Å². The van der Waals surface area contributed by atoms with Crippen LogP contribution in [0, 0.1) is 11.6 Å². The Balaban J connectivity index is 2.88. The van der Waals surface area contributed by atoms with E-state index in [0.29, 0.717) is 0 Å². The molecule has 0 aliphatic carbocycles. The zero-order chi connectivity index (χ0) is 15.5. The van der Waals surface area contributed by atoms with Crippen molar-refractivity contribution in [3.05, 3.63) is 33.8 Å². The van der Waals surface area contributed by atoms with Crippen molar-refractivity contribution >= 4 is 28.2 Å². The molecule has 0 atom stereocenters. The molecule has 1 rings (SSSR count). The number of carbonyl (C=O) groups excluding carboxylic acids is 1. The first-order valence-electron chi connectivity index (χ1n) is 5.76. The first-order valence-corrected chi connectivity index (χ1v) is 6.55. The Hall–Kier alpha value is -1.50. The highest BCUT2D eigenvalue weighted by molar-refractivity contribution is 9.10. The van der Waals surface area contributed by atoms with E-state index in [1.54, 1.807) is 20.8 Å². The molecule has 4 nitrogen and oxygen atoms in total. The minimum absolute atomic E-state index is 0.111. The van der Waals surface area contributed by atoms with Gasteiger partial charge in [0.05, 0.1) is 16.3 Å². The van der Waals surface area contributed by atoms with E-state index in [1.165, 1.54) is 13.1 Å². The SMILES string of the molecule is CN(/N=C/c1c(F)ccc(Br)c1F)C(=O)OC(C)(C)C. The minimum Gasteiger partial charge on any atom is -0.442 e. The van der Waals surface area contributed by atoms with E-state index >= 15 is 0 Å². The normalized spacial score (nSPS) is 11.8. The van der Waals surface area contributed by atoms with Gasteiger partial charge in [0.1, 0.15) is 17.2 Å². The number of hydrogen-bond acceptors (Lipinski definition) is 3. The molecule has 1 amide bonds. The standard InChI is InChI=1S/C13H15BrF2N2O2/c1-13(2,3)20-12(19)18(4)17-7-8-10(15)6-5-9(14)11(8)16/h5-7H,1-4H3/b17-7+. The number of hydrogen-bond donors (Lipinski definition) is 0. The van der Waals surface area contributed by atoms with Crippen LogP contribution in [0.25, 0.3) is 0 Å². The van der Waals surface area contributed by atoms with Gasteiger partial charge >= 0.3 is 6.09 Å². The molecule has 0 saturated heterocycles. The summed E-state index contributed by atoms with van der Waals surface area (Å²) in [5.74, 6) is -1.56. The summed E-state index contributed by atoms with van der Waals surface area (Å²) >= 11 is 2.95. The third kappa shape index (κ3) is 4.56. The molecule has 0 radical (unpaired) electrons. The van der Waals surface area contributed by atoms with Crippen molar-refractivity contribution in [1.29, 1.82) is 0 Å². The Morgan fingerprint density at radius 1 is 1.40 bits per heavy atom. The molecular weight excluding hydrogens is 334 g/mol. The molecule has 0 N–H and O–H groups in total. The van der Waals surface area contributed by atoms with Gasteiger partial charge in [0.25, 0.3) is 0 Å². The smallest absolute Gasteiger partial charge is 0.430 e. The topological polar surface area (TPSA) is 41.9 Å². The minimum atomic E-state index is -0.786. The van der Waals surface area contributed by atoms with E-state index in [2.05, 4.69) is 21.0 Å². The number of amides is 1. The summed E-state index contributed by atoms with van der Waals surface area (Å²) in [4.78, 5) is 11.6. The molecule has 0 aliphatic heterocycles. The van der Waals surface area contributed by atoms with Crippen molar-refractivity contribution in [2.24, 2.45) is 5.10 Å². The van der Waals surface area contributed by atoms with E-state index in [4.69, 9.17) is 4.74 Å². The number of halogens is 3. The van der Waals surface area contributed by atoms with Crippen molar-refractivity contribution in [3.63, 3.8) is 0 Å². The molecule has 1 aromatic carbocycles. The number of rotatable bonds is 2. The van der Waals surface area contributed by atoms with Crippen LogP contribution in [-0.4, -0.2) is 30.0 Å². The van der Waals surface area contributed by atoms with Crippen LogP contribution in [0.4, 0.5) is 13.6 Å². The molecule has 1 aromatic rings. The van der Waals surface area contributed by atoms with Crippen molar-refractivity contribution < 1.29 is 18.3 Å². The highest BCUT2D eigenvalue weighted by atomic mass is 79.9. The van der Waals surface area contributed by atoms with Crippen molar-refractivity contribution in [1.82, 2.24) is 5.01 Å². The van der Waals surface area contributed by atoms with Gasteiger partial charge in [0.15, 0.2) is 0 Å². The van der Waals surface area contributed by atoms with Crippen molar-refractivity contribution in [2.75, 3.05) is 7.05 Å². The first kappa shape index (κ1) is 16.6. The molecule has 110 valence electrons. The molecule has 0 aromatic heterocycles. The van der Waals surface area contributed by atoms with Gasteiger partial charge in [0, 0.05) is 7.05 Å². The van der Waals surface area contributed by atoms with Gasteiger partial charge < -0.3 is 4.74 Å². The van der Waals surface area contributed by atoms with E-state index < -0.39 is 23.3 Å². The van der Waals surface area contributed by atoms with Gasteiger partial charge in [-0.2, -0.15) is 5.10 Å². The number of benzene rings is 1. The van der Waals surface area contributed by atoms with E-state index in [1.807, 2.05) is 0 Å². The number of carbonyl (C=O) groups is 1. The van der Waals surface area contributed by atoms with Crippen molar-refractivity contribution in [2.45, 2.75) is 26.4 Å². The molecule has 0 aliphatic rings. The van der Waals surface area contributed by atoms with Gasteiger partial charge in [-0.05, 0) is 48.8 Å². The largest absolute Gasteiger partial charge is 0.442 e. The van der Waals surface area contributed by atoms with Crippen LogP contribution in [0.5, 0.6) is 0 Å². The van der Waals surface area contributed by atoms with Gasteiger partial charge in [-0.3, -0.25) is 0 Å². The summed E-state index contributed by atoms with van der Waals surface area (Å²) in [6, 6.07) is 2.35. The molecule has 0 saturated carbocycles. The Labute approximate surface area is 124 Å². The second-order valence-corrected chi connectivity index (χ2v) is 5.86. The summed E-state index contributed by atoms with van der Waals surface area (Å²) < 4.78 is 32.3. The zero-order valence-electron chi connectivity index (χ0n) is 11.6. The maximum atomic E-state index is 13.7. The van der Waals surface area contributed by atoms with Gasteiger partial charge in [-0.25, -0.2) is 18.6 Å². The van der Waals surface area contributed by atoms with Crippen LogP contribution in [0.3, 0.4) is 0 Å². The average Bonchev–Trinajstić information content (AvgIpc) is 2.31. The summed E-state index contributed by atoms with van der Waals surface area (Å²) in [7, 11) is 1.33. The summed E-state index contributed by atoms with van der Waals surface area (Å²) in [6.07, 6.45) is 0.212. The second-order valence-electron chi connectivity index (χ2n) is 5.01. The van der Waals surface area contributed by atoms with Crippen LogP contribution in [0.2, 0.25) is 0 Å². The van der Waals surface area contributed by atoms with Crippen LogP contribution in [0.15, 0.2) is 21.7 Å². The Morgan fingerprint density at radius 3 is 2.55 bits per heavy atom. The maximum Gasteiger partial charge on any atom is 0.430 e. The third-order valence-electron chi connectivity index (χ3n) is 2.10. The summed E-state index contributed by atoms with van der Waals surface area (Å²) in [5, 5.41) is 4.54. The van der Waals surface area contributed by atoms with Crippen LogP contribution in [0.1, 0.15) is 26.3 Å². The predicted octanol–water partition coefficient (Wildman–Crippen LogP) is 3.93. The van der Waals surface area contributed by atoms with Crippen molar-refractivity contribution in [3.8, 4) is 0 Å². The quantitative estimate of drug-likeness (QED) is 0.461. The lowest BCUT2D eigenvalue weighted by atomic mass is 10.2.